The van der Waals surface area contributed by atoms with E-state index in [-0.39, 0.29) is 11.9 Å². The van der Waals surface area contributed by atoms with Crippen LogP contribution in [0.25, 0.3) is 0 Å². The van der Waals surface area contributed by atoms with Crippen molar-refractivity contribution >= 4 is 11.7 Å². The fourth-order valence-electron chi connectivity index (χ4n) is 3.12. The van der Waals surface area contributed by atoms with Crippen molar-refractivity contribution in [3.05, 3.63) is 29.7 Å². The molecule has 0 bridgehead atoms. The summed E-state index contributed by atoms with van der Waals surface area (Å²) in [5.41, 5.74) is 0. The van der Waals surface area contributed by atoms with Crippen LogP contribution >= 0.6 is 0 Å². The summed E-state index contributed by atoms with van der Waals surface area (Å²) >= 11 is 0. The molecule has 0 spiro atoms. The van der Waals surface area contributed by atoms with Crippen molar-refractivity contribution in [2.75, 3.05) is 25.5 Å². The minimum absolute atomic E-state index is 0.0695. The lowest BCUT2D eigenvalue weighted by Crippen LogP contribution is -2.42. The van der Waals surface area contributed by atoms with Crippen molar-refractivity contribution in [3.63, 3.8) is 0 Å². The molecule has 1 N–H and O–H groups in total. The lowest BCUT2D eigenvalue weighted by atomic mass is 10.2. The standard InChI is InChI=1S/C17H25N5O3/c1-11-7-15(20-25-11)19-17(23)13(3)22-6-5-14(9-22)21(4)10-16-18-8-12(2)24-16/h7-8,13-14H,5-6,9-10H2,1-4H3,(H,19,20,23)/t13-,14+/m1/s1. The number of hydrogen-bond donors (Lipinski definition) is 1. The van der Waals surface area contributed by atoms with Gasteiger partial charge in [-0.3, -0.25) is 14.6 Å². The average Bonchev–Trinajstić information content (AvgIpc) is 3.28. The molecule has 3 rings (SSSR count). The molecule has 1 amide bonds. The maximum absolute atomic E-state index is 12.4. The van der Waals surface area contributed by atoms with Crippen molar-refractivity contribution in [2.24, 2.45) is 0 Å². The molecule has 0 unspecified atom stereocenters. The number of anilines is 1. The summed E-state index contributed by atoms with van der Waals surface area (Å²) in [6.07, 6.45) is 2.75. The highest BCUT2D eigenvalue weighted by molar-refractivity contribution is 5.93. The Hall–Kier alpha value is -2.19. The summed E-state index contributed by atoms with van der Waals surface area (Å²) in [7, 11) is 2.07. The van der Waals surface area contributed by atoms with E-state index in [1.807, 2.05) is 13.8 Å². The Morgan fingerprint density at radius 1 is 1.48 bits per heavy atom. The molecule has 8 heteroatoms. The van der Waals surface area contributed by atoms with Crippen molar-refractivity contribution < 1.29 is 13.7 Å². The number of aromatic nitrogens is 2. The molecule has 8 nitrogen and oxygen atoms in total. The molecule has 136 valence electrons. The quantitative estimate of drug-likeness (QED) is 0.852. The van der Waals surface area contributed by atoms with Crippen molar-refractivity contribution in [3.8, 4) is 0 Å². The smallest absolute Gasteiger partial charge is 0.242 e. The molecule has 1 aliphatic rings. The molecule has 0 aliphatic carbocycles. The summed E-state index contributed by atoms with van der Waals surface area (Å²) in [6, 6.07) is 1.86. The Labute approximate surface area is 147 Å². The van der Waals surface area contributed by atoms with Crippen LogP contribution in [0.1, 0.15) is 30.8 Å². The Bertz CT molecular complexity index is 725. The summed E-state index contributed by atoms with van der Waals surface area (Å²) in [5.74, 6) is 2.62. The first-order valence-corrected chi connectivity index (χ1v) is 8.52. The Balaban J connectivity index is 1.51. The monoisotopic (exact) mass is 347 g/mol. The van der Waals surface area contributed by atoms with Crippen LogP contribution in [0.5, 0.6) is 0 Å². The Morgan fingerprint density at radius 3 is 2.92 bits per heavy atom. The molecule has 0 radical (unpaired) electrons. The molecular weight excluding hydrogens is 322 g/mol. The van der Waals surface area contributed by atoms with Gasteiger partial charge in [0, 0.05) is 25.2 Å². The second kappa shape index (κ2) is 7.37. The third-order valence-electron chi connectivity index (χ3n) is 4.68. The third kappa shape index (κ3) is 4.26. The van der Waals surface area contributed by atoms with Gasteiger partial charge in [-0.1, -0.05) is 5.16 Å². The molecule has 2 aromatic rings. The van der Waals surface area contributed by atoms with E-state index in [0.717, 1.165) is 31.2 Å². The molecule has 1 saturated heterocycles. The second-order valence-corrected chi connectivity index (χ2v) is 6.71. The van der Waals surface area contributed by atoms with Crippen molar-refractivity contribution in [1.82, 2.24) is 19.9 Å². The van der Waals surface area contributed by atoms with E-state index in [2.05, 4.69) is 32.3 Å². The average molecular weight is 347 g/mol. The van der Waals surface area contributed by atoms with E-state index >= 15 is 0 Å². The summed E-state index contributed by atoms with van der Waals surface area (Å²) < 4.78 is 10.5. The molecule has 3 heterocycles. The first-order chi connectivity index (χ1) is 11.9. The van der Waals surface area contributed by atoms with E-state index in [9.17, 15) is 4.79 Å². The number of carbonyl (C=O) groups is 1. The van der Waals surface area contributed by atoms with Gasteiger partial charge in [0.2, 0.25) is 11.8 Å². The molecule has 2 atom stereocenters. The lowest BCUT2D eigenvalue weighted by molar-refractivity contribution is -0.120. The van der Waals surface area contributed by atoms with E-state index in [1.165, 1.54) is 0 Å². The van der Waals surface area contributed by atoms with E-state index < -0.39 is 0 Å². The number of amides is 1. The summed E-state index contributed by atoms with van der Waals surface area (Å²) in [5, 5.41) is 6.61. The van der Waals surface area contributed by atoms with Gasteiger partial charge >= 0.3 is 0 Å². The predicted octanol–water partition coefficient (Wildman–Crippen LogP) is 1.81. The van der Waals surface area contributed by atoms with Crippen LogP contribution in [0.4, 0.5) is 5.82 Å². The second-order valence-electron chi connectivity index (χ2n) is 6.71. The van der Waals surface area contributed by atoms with Gasteiger partial charge in [0.25, 0.3) is 0 Å². The molecule has 25 heavy (non-hydrogen) atoms. The minimum atomic E-state index is -0.223. The van der Waals surface area contributed by atoms with Crippen molar-refractivity contribution in [2.45, 2.75) is 45.8 Å². The number of carbonyl (C=O) groups excluding carboxylic acids is 1. The molecule has 0 saturated carbocycles. The predicted molar refractivity (Wildman–Crippen MR) is 92.0 cm³/mol. The number of likely N-dealkylation sites (N-methyl/N-ethyl adjacent to an activating group) is 1. The van der Waals surface area contributed by atoms with Crippen molar-refractivity contribution in [1.29, 1.82) is 0 Å². The normalized spacial score (nSPS) is 19.5. The van der Waals surface area contributed by atoms with E-state index in [1.54, 1.807) is 19.2 Å². The van der Waals surface area contributed by atoms with Gasteiger partial charge in [0.1, 0.15) is 11.5 Å². The number of nitrogens with one attached hydrogen (secondary N) is 1. The molecule has 1 fully saturated rings. The molecule has 0 aromatic carbocycles. The van der Waals surface area contributed by atoms with Crippen LogP contribution in [0.3, 0.4) is 0 Å². The van der Waals surface area contributed by atoms with Gasteiger partial charge in [-0.05, 0) is 34.2 Å². The SMILES string of the molecule is Cc1cc(NC(=O)[C@@H](C)N2CC[C@H](N(C)Cc3ncc(C)o3)C2)no1. The van der Waals surface area contributed by atoms with Gasteiger partial charge in [-0.2, -0.15) is 0 Å². The Kier molecular flexibility index (Phi) is 5.19. The number of nitrogens with zero attached hydrogens (tertiary/aromatic N) is 4. The zero-order valence-corrected chi connectivity index (χ0v) is 15.2. The molecule has 1 aliphatic heterocycles. The summed E-state index contributed by atoms with van der Waals surface area (Å²) in [4.78, 5) is 21.1. The number of likely N-dealkylation sites (tertiary alicyclic amines) is 1. The van der Waals surface area contributed by atoms with Crippen LogP contribution in [0.15, 0.2) is 21.2 Å². The topological polar surface area (TPSA) is 87.6 Å². The maximum Gasteiger partial charge on any atom is 0.242 e. The largest absolute Gasteiger partial charge is 0.445 e. The third-order valence-corrected chi connectivity index (χ3v) is 4.68. The van der Waals surface area contributed by atoms with Crippen LogP contribution in [0, 0.1) is 13.8 Å². The fourth-order valence-corrected chi connectivity index (χ4v) is 3.12. The van der Waals surface area contributed by atoms with E-state index in [0.29, 0.717) is 24.2 Å². The zero-order chi connectivity index (χ0) is 18.0. The minimum Gasteiger partial charge on any atom is -0.445 e. The molecular formula is C17H25N5O3. The van der Waals surface area contributed by atoms with Crippen LogP contribution in [0.2, 0.25) is 0 Å². The van der Waals surface area contributed by atoms with Gasteiger partial charge in [0.15, 0.2) is 5.82 Å². The maximum atomic E-state index is 12.4. The van der Waals surface area contributed by atoms with E-state index in [4.69, 9.17) is 8.94 Å². The number of oxazole rings is 1. The number of rotatable bonds is 6. The van der Waals surface area contributed by atoms with Gasteiger partial charge < -0.3 is 14.3 Å². The number of hydrogen-bond acceptors (Lipinski definition) is 7. The van der Waals surface area contributed by atoms with Crippen LogP contribution < -0.4 is 5.32 Å². The fraction of sp³-hybridized carbons (Fsp3) is 0.588. The van der Waals surface area contributed by atoms with Gasteiger partial charge in [-0.15, -0.1) is 0 Å². The zero-order valence-electron chi connectivity index (χ0n) is 15.2. The highest BCUT2D eigenvalue weighted by atomic mass is 16.5. The lowest BCUT2D eigenvalue weighted by Gasteiger charge is -2.26. The summed E-state index contributed by atoms with van der Waals surface area (Å²) in [6.45, 7) is 7.99. The van der Waals surface area contributed by atoms with Crippen LogP contribution in [-0.4, -0.2) is 58.1 Å². The highest BCUT2D eigenvalue weighted by Gasteiger charge is 2.32. The number of aryl methyl sites for hydroxylation is 2. The first kappa shape index (κ1) is 17.6. The highest BCUT2D eigenvalue weighted by Crippen LogP contribution is 2.19. The van der Waals surface area contributed by atoms with Gasteiger partial charge in [0.05, 0.1) is 18.8 Å². The van der Waals surface area contributed by atoms with Gasteiger partial charge in [-0.25, -0.2) is 4.98 Å². The first-order valence-electron chi connectivity index (χ1n) is 8.52. The Morgan fingerprint density at radius 2 is 2.28 bits per heavy atom. The van der Waals surface area contributed by atoms with Crippen LogP contribution in [-0.2, 0) is 11.3 Å². The molecule has 2 aromatic heterocycles.